The topological polar surface area (TPSA) is 72.2 Å². The van der Waals surface area contributed by atoms with Crippen LogP contribution < -0.4 is 10.5 Å². The number of terminal acetylenes is 1. The van der Waals surface area contributed by atoms with Crippen LogP contribution in [0.1, 0.15) is 18.4 Å². The van der Waals surface area contributed by atoms with Crippen LogP contribution in [0.25, 0.3) is 0 Å². The molecule has 0 saturated carbocycles. The van der Waals surface area contributed by atoms with E-state index >= 15 is 0 Å². The molecule has 4 nitrogen and oxygen atoms in total. The lowest BCUT2D eigenvalue weighted by Crippen LogP contribution is -2.25. The van der Waals surface area contributed by atoms with Gasteiger partial charge in [0.15, 0.2) is 0 Å². The zero-order valence-electron chi connectivity index (χ0n) is 10.0. The largest absolute Gasteiger partial charge is 0.398 e. The molecule has 0 fully saturated rings. The standard InChI is InChI=1S/C12H15ClN2O2S/c1-3-4-5-6-15-18(16,17)12-8-10(13)7-11(14)9(12)2/h1,7-8,15H,4-6,14H2,2H3. The minimum Gasteiger partial charge on any atom is -0.398 e. The lowest BCUT2D eigenvalue weighted by molar-refractivity contribution is 0.579. The molecule has 0 amide bonds. The van der Waals surface area contributed by atoms with Crippen LogP contribution in [0.2, 0.25) is 5.02 Å². The molecule has 1 aromatic carbocycles. The van der Waals surface area contributed by atoms with Gasteiger partial charge in [-0.25, -0.2) is 13.1 Å². The van der Waals surface area contributed by atoms with E-state index in [4.69, 9.17) is 23.8 Å². The summed E-state index contributed by atoms with van der Waals surface area (Å²) in [4.78, 5) is 0.105. The number of rotatable bonds is 5. The molecule has 0 aliphatic rings. The first-order valence-electron chi connectivity index (χ1n) is 5.37. The van der Waals surface area contributed by atoms with E-state index in [-0.39, 0.29) is 4.90 Å². The van der Waals surface area contributed by atoms with Crippen molar-refractivity contribution < 1.29 is 8.42 Å². The van der Waals surface area contributed by atoms with Crippen LogP contribution in [0.4, 0.5) is 5.69 Å². The van der Waals surface area contributed by atoms with Gasteiger partial charge in [-0.15, -0.1) is 12.3 Å². The summed E-state index contributed by atoms with van der Waals surface area (Å²) in [6.45, 7) is 1.93. The predicted molar refractivity (Wildman–Crippen MR) is 73.9 cm³/mol. The van der Waals surface area contributed by atoms with Crippen molar-refractivity contribution in [3.05, 3.63) is 22.7 Å². The predicted octanol–water partition coefficient (Wildman–Crippen LogP) is 1.92. The number of unbranched alkanes of at least 4 members (excludes halogenated alkanes) is 1. The number of halogens is 1. The second-order valence-electron chi connectivity index (χ2n) is 3.82. The quantitative estimate of drug-likeness (QED) is 0.493. The van der Waals surface area contributed by atoms with Gasteiger partial charge < -0.3 is 5.73 Å². The smallest absolute Gasteiger partial charge is 0.240 e. The molecule has 0 aliphatic heterocycles. The SMILES string of the molecule is C#CCCCNS(=O)(=O)c1cc(Cl)cc(N)c1C. The molecule has 18 heavy (non-hydrogen) atoms. The lowest BCUT2D eigenvalue weighted by atomic mass is 10.2. The van der Waals surface area contributed by atoms with Crippen molar-refractivity contribution in [2.75, 3.05) is 12.3 Å². The van der Waals surface area contributed by atoms with Gasteiger partial charge >= 0.3 is 0 Å². The van der Waals surface area contributed by atoms with E-state index in [1.54, 1.807) is 6.92 Å². The van der Waals surface area contributed by atoms with Gasteiger partial charge in [0.05, 0.1) is 4.90 Å². The number of benzene rings is 1. The summed E-state index contributed by atoms with van der Waals surface area (Å²) < 4.78 is 26.6. The number of hydrogen-bond acceptors (Lipinski definition) is 3. The second kappa shape index (κ2) is 6.10. The Kier molecular flexibility index (Phi) is 5.03. The summed E-state index contributed by atoms with van der Waals surface area (Å²) in [5, 5.41) is 0.294. The Morgan fingerprint density at radius 3 is 2.78 bits per heavy atom. The highest BCUT2D eigenvalue weighted by molar-refractivity contribution is 7.89. The molecule has 1 rings (SSSR count). The van der Waals surface area contributed by atoms with Gasteiger partial charge in [0.25, 0.3) is 0 Å². The van der Waals surface area contributed by atoms with Crippen LogP contribution in [0, 0.1) is 19.3 Å². The Labute approximate surface area is 113 Å². The first-order valence-corrected chi connectivity index (χ1v) is 7.23. The number of nitrogen functional groups attached to an aromatic ring is 1. The number of nitrogens with two attached hydrogens (primary N) is 1. The summed E-state index contributed by atoms with van der Waals surface area (Å²) >= 11 is 5.81. The van der Waals surface area contributed by atoms with Crippen molar-refractivity contribution in [1.82, 2.24) is 4.72 Å². The highest BCUT2D eigenvalue weighted by Gasteiger charge is 2.18. The van der Waals surface area contributed by atoms with Crippen molar-refractivity contribution in [1.29, 1.82) is 0 Å². The number of anilines is 1. The summed E-state index contributed by atoms with van der Waals surface area (Å²) in [5.41, 5.74) is 6.53. The van der Waals surface area contributed by atoms with E-state index in [1.807, 2.05) is 0 Å². The Bertz CT molecular complexity index is 576. The molecule has 1 aromatic rings. The minimum atomic E-state index is -3.60. The van der Waals surface area contributed by atoms with Crippen LogP contribution in [-0.2, 0) is 10.0 Å². The lowest BCUT2D eigenvalue weighted by Gasteiger charge is -2.11. The van der Waals surface area contributed by atoms with Gasteiger partial charge in [-0.1, -0.05) is 11.6 Å². The highest BCUT2D eigenvalue weighted by Crippen LogP contribution is 2.25. The Hall–Kier alpha value is -1.22. The molecule has 6 heteroatoms. The minimum absolute atomic E-state index is 0.105. The summed E-state index contributed by atoms with van der Waals surface area (Å²) in [5.74, 6) is 2.45. The maximum absolute atomic E-state index is 12.0. The normalized spacial score (nSPS) is 11.2. The Morgan fingerprint density at radius 2 is 2.17 bits per heavy atom. The van der Waals surface area contributed by atoms with Crippen LogP contribution in [0.3, 0.4) is 0 Å². The van der Waals surface area contributed by atoms with Crippen LogP contribution >= 0.6 is 11.6 Å². The van der Waals surface area contributed by atoms with Gasteiger partial charge in [-0.2, -0.15) is 0 Å². The third-order valence-corrected chi connectivity index (χ3v) is 4.25. The van der Waals surface area contributed by atoms with E-state index in [0.29, 0.717) is 35.7 Å². The van der Waals surface area contributed by atoms with Gasteiger partial charge in [0, 0.05) is 23.7 Å². The Balaban J connectivity index is 2.96. The maximum Gasteiger partial charge on any atom is 0.240 e. The van der Waals surface area contributed by atoms with Gasteiger partial charge in [-0.3, -0.25) is 0 Å². The molecular weight excluding hydrogens is 272 g/mol. The van der Waals surface area contributed by atoms with Crippen molar-refractivity contribution >= 4 is 27.3 Å². The second-order valence-corrected chi connectivity index (χ2v) is 6.00. The number of sulfonamides is 1. The monoisotopic (exact) mass is 286 g/mol. The van der Waals surface area contributed by atoms with E-state index in [2.05, 4.69) is 10.6 Å². The first kappa shape index (κ1) is 14.8. The van der Waals surface area contributed by atoms with E-state index in [0.717, 1.165) is 0 Å². The summed E-state index contributed by atoms with van der Waals surface area (Å²) in [7, 11) is -3.60. The van der Waals surface area contributed by atoms with Crippen molar-refractivity contribution in [3.63, 3.8) is 0 Å². The molecule has 0 heterocycles. The highest BCUT2D eigenvalue weighted by atomic mass is 35.5. The van der Waals surface area contributed by atoms with Crippen molar-refractivity contribution in [2.24, 2.45) is 0 Å². The van der Waals surface area contributed by atoms with Gasteiger partial charge in [0.2, 0.25) is 10.0 Å². The van der Waals surface area contributed by atoms with Crippen LogP contribution in [0.5, 0.6) is 0 Å². The molecule has 0 unspecified atom stereocenters. The Morgan fingerprint density at radius 1 is 1.50 bits per heavy atom. The average Bonchev–Trinajstić information content (AvgIpc) is 2.29. The average molecular weight is 287 g/mol. The first-order chi connectivity index (χ1) is 8.38. The molecule has 0 atom stereocenters. The summed E-state index contributed by atoms with van der Waals surface area (Å²) in [6, 6.07) is 2.91. The molecule has 3 N–H and O–H groups in total. The molecule has 0 spiro atoms. The fourth-order valence-corrected chi connectivity index (χ4v) is 3.09. The molecule has 0 saturated heterocycles. The number of hydrogen-bond donors (Lipinski definition) is 2. The fraction of sp³-hybridized carbons (Fsp3) is 0.333. The van der Waals surface area contributed by atoms with E-state index in [1.165, 1.54) is 12.1 Å². The molecule has 0 bridgehead atoms. The third-order valence-electron chi connectivity index (χ3n) is 2.44. The maximum atomic E-state index is 12.0. The zero-order chi connectivity index (χ0) is 13.8. The summed E-state index contributed by atoms with van der Waals surface area (Å²) in [6.07, 6.45) is 6.21. The third kappa shape index (κ3) is 3.64. The molecule has 0 aliphatic carbocycles. The number of nitrogens with one attached hydrogen (secondary N) is 1. The molecular formula is C12H15ClN2O2S. The molecule has 0 aromatic heterocycles. The van der Waals surface area contributed by atoms with E-state index < -0.39 is 10.0 Å². The van der Waals surface area contributed by atoms with Gasteiger partial charge in [0.1, 0.15) is 0 Å². The van der Waals surface area contributed by atoms with E-state index in [9.17, 15) is 8.42 Å². The van der Waals surface area contributed by atoms with Crippen LogP contribution in [0.15, 0.2) is 17.0 Å². The van der Waals surface area contributed by atoms with Crippen LogP contribution in [-0.4, -0.2) is 15.0 Å². The molecule has 0 radical (unpaired) electrons. The van der Waals surface area contributed by atoms with Gasteiger partial charge in [-0.05, 0) is 31.0 Å². The fourth-order valence-electron chi connectivity index (χ4n) is 1.43. The van der Waals surface area contributed by atoms with Crippen molar-refractivity contribution in [3.8, 4) is 12.3 Å². The van der Waals surface area contributed by atoms with Crippen molar-refractivity contribution in [2.45, 2.75) is 24.7 Å². The zero-order valence-corrected chi connectivity index (χ0v) is 11.6. The molecule has 98 valence electrons.